The van der Waals surface area contributed by atoms with E-state index in [0.717, 1.165) is 38.5 Å². The molecule has 1 amide bonds. The van der Waals surface area contributed by atoms with Gasteiger partial charge in [-0.2, -0.15) is 0 Å². The third kappa shape index (κ3) is 13.6. The fourth-order valence-electron chi connectivity index (χ4n) is 2.03. The molecule has 128 valence electrons. The van der Waals surface area contributed by atoms with Gasteiger partial charge in [0.2, 0.25) is 5.91 Å². The first kappa shape index (κ1) is 20.6. The van der Waals surface area contributed by atoms with Crippen LogP contribution in [0, 0.1) is 0 Å². The minimum atomic E-state index is -0.965. The lowest BCUT2D eigenvalue weighted by molar-refractivity contribution is -0.138. The molecule has 0 aliphatic heterocycles. The second-order valence-electron chi connectivity index (χ2n) is 5.65. The monoisotopic (exact) mass is 312 g/mol. The quantitative estimate of drug-likeness (QED) is 0.339. The number of nitrogens with one attached hydrogen (secondary N) is 1. The zero-order chi connectivity index (χ0) is 16.6. The molecule has 0 fully saturated rings. The summed E-state index contributed by atoms with van der Waals surface area (Å²) in [5, 5.41) is 11.5. The van der Waals surface area contributed by atoms with Gasteiger partial charge in [0.05, 0.1) is 0 Å². The van der Waals surface area contributed by atoms with Crippen LogP contribution in [-0.4, -0.2) is 29.6 Å². The van der Waals surface area contributed by atoms with Crippen molar-refractivity contribution in [3.63, 3.8) is 0 Å². The van der Waals surface area contributed by atoms with Crippen molar-refractivity contribution in [1.29, 1.82) is 0 Å². The van der Waals surface area contributed by atoms with Crippen molar-refractivity contribution < 1.29 is 14.7 Å². The molecule has 5 heteroatoms. The van der Waals surface area contributed by atoms with Crippen LogP contribution in [0.3, 0.4) is 0 Å². The van der Waals surface area contributed by atoms with E-state index in [4.69, 9.17) is 10.8 Å². The molecule has 4 N–H and O–H groups in total. The summed E-state index contributed by atoms with van der Waals surface area (Å²) >= 11 is 0. The number of hydrogen-bond acceptors (Lipinski definition) is 3. The molecular formula is C17H32N2O3. The maximum Gasteiger partial charge on any atom is 0.320 e. The second kappa shape index (κ2) is 14.6. The second-order valence-corrected chi connectivity index (χ2v) is 5.65. The number of carbonyl (C=O) groups excluding carboxylic acids is 1. The Bertz CT molecular complexity index is 330. The third-order valence-electron chi connectivity index (χ3n) is 3.50. The van der Waals surface area contributed by atoms with E-state index in [1.54, 1.807) is 0 Å². The van der Waals surface area contributed by atoms with Gasteiger partial charge in [-0.1, -0.05) is 31.9 Å². The van der Waals surface area contributed by atoms with E-state index in [-0.39, 0.29) is 5.91 Å². The molecule has 0 saturated carbocycles. The lowest BCUT2D eigenvalue weighted by Gasteiger charge is -2.07. The van der Waals surface area contributed by atoms with Crippen LogP contribution in [0.1, 0.15) is 71.1 Å². The molecule has 0 aromatic rings. The van der Waals surface area contributed by atoms with E-state index < -0.39 is 12.0 Å². The molecule has 0 aromatic heterocycles. The Labute approximate surface area is 134 Å². The van der Waals surface area contributed by atoms with E-state index in [9.17, 15) is 9.59 Å². The summed E-state index contributed by atoms with van der Waals surface area (Å²) in [6, 6.07) is -0.791. The van der Waals surface area contributed by atoms with Crippen molar-refractivity contribution in [1.82, 2.24) is 5.32 Å². The van der Waals surface area contributed by atoms with Crippen molar-refractivity contribution in [2.24, 2.45) is 5.73 Å². The Morgan fingerprint density at radius 2 is 1.77 bits per heavy atom. The summed E-state index contributed by atoms with van der Waals surface area (Å²) in [5.74, 6) is -0.884. The number of carboxylic acids is 1. The van der Waals surface area contributed by atoms with Crippen molar-refractivity contribution in [2.45, 2.75) is 77.2 Å². The predicted molar refractivity (Wildman–Crippen MR) is 89.6 cm³/mol. The number of allylic oxidation sites excluding steroid dienone is 2. The van der Waals surface area contributed by atoms with Gasteiger partial charge < -0.3 is 16.2 Å². The summed E-state index contributed by atoms with van der Waals surface area (Å²) < 4.78 is 0. The van der Waals surface area contributed by atoms with Crippen LogP contribution < -0.4 is 11.1 Å². The number of carbonyl (C=O) groups is 2. The molecule has 0 aliphatic carbocycles. The number of hydrogen-bond donors (Lipinski definition) is 3. The first-order valence-corrected chi connectivity index (χ1v) is 8.48. The third-order valence-corrected chi connectivity index (χ3v) is 3.50. The largest absolute Gasteiger partial charge is 0.480 e. The predicted octanol–water partition coefficient (Wildman–Crippen LogP) is 2.99. The molecule has 22 heavy (non-hydrogen) atoms. The summed E-state index contributed by atoms with van der Waals surface area (Å²) in [6.45, 7) is 2.79. The number of rotatable bonds is 14. The van der Waals surface area contributed by atoms with Gasteiger partial charge in [0.1, 0.15) is 6.04 Å². The highest BCUT2D eigenvalue weighted by Gasteiger charge is 2.10. The average molecular weight is 312 g/mol. The molecule has 1 atom stereocenters. The van der Waals surface area contributed by atoms with Gasteiger partial charge in [-0.25, -0.2) is 0 Å². The van der Waals surface area contributed by atoms with Gasteiger partial charge in [0.15, 0.2) is 0 Å². The van der Waals surface area contributed by atoms with Gasteiger partial charge in [-0.3, -0.25) is 9.59 Å². The molecule has 0 bridgehead atoms. The molecule has 0 aromatic carbocycles. The number of aliphatic carboxylic acids is 1. The van der Waals surface area contributed by atoms with E-state index in [0.29, 0.717) is 19.4 Å². The lowest BCUT2D eigenvalue weighted by Crippen LogP contribution is -2.30. The van der Waals surface area contributed by atoms with E-state index >= 15 is 0 Å². The minimum absolute atomic E-state index is 0.0810. The minimum Gasteiger partial charge on any atom is -0.480 e. The topological polar surface area (TPSA) is 92.4 Å². The molecule has 0 radical (unpaired) electrons. The van der Waals surface area contributed by atoms with Crippen LogP contribution in [0.5, 0.6) is 0 Å². The summed E-state index contributed by atoms with van der Waals surface area (Å²) in [7, 11) is 0. The highest BCUT2D eigenvalue weighted by atomic mass is 16.4. The van der Waals surface area contributed by atoms with Crippen molar-refractivity contribution >= 4 is 11.9 Å². The van der Waals surface area contributed by atoms with Crippen molar-refractivity contribution in [3.05, 3.63) is 12.2 Å². The average Bonchev–Trinajstić information content (AvgIpc) is 2.49. The van der Waals surface area contributed by atoms with Gasteiger partial charge >= 0.3 is 5.97 Å². The Morgan fingerprint density at radius 3 is 2.41 bits per heavy atom. The van der Waals surface area contributed by atoms with Crippen LogP contribution in [0.2, 0.25) is 0 Å². The zero-order valence-corrected chi connectivity index (χ0v) is 13.9. The summed E-state index contributed by atoms with van der Waals surface area (Å²) in [5.41, 5.74) is 5.40. The highest BCUT2D eigenvalue weighted by molar-refractivity contribution is 5.75. The molecule has 0 spiro atoms. The van der Waals surface area contributed by atoms with Gasteiger partial charge in [-0.15, -0.1) is 0 Å². The number of amides is 1. The number of carboxylic acid groups (broad SMARTS) is 1. The van der Waals surface area contributed by atoms with Crippen LogP contribution in [0.25, 0.3) is 0 Å². The Hall–Kier alpha value is -1.36. The van der Waals surface area contributed by atoms with Crippen LogP contribution in [0.4, 0.5) is 0 Å². The van der Waals surface area contributed by atoms with E-state index in [1.807, 2.05) is 0 Å². The maximum absolute atomic E-state index is 11.6. The summed E-state index contributed by atoms with van der Waals surface area (Å²) in [6.07, 6.45) is 13.6. The standard InChI is InChI=1S/C17H32N2O3/c1-2-3-4-5-6-7-8-9-13-16(20)19-14-11-10-12-15(18)17(21)22/h5-6,15H,2-4,7-14,18H2,1H3,(H,19,20)(H,21,22)/b6-5+/t15-/m0/s1. The van der Waals surface area contributed by atoms with Crippen molar-refractivity contribution in [2.75, 3.05) is 6.54 Å². The van der Waals surface area contributed by atoms with Crippen LogP contribution in [-0.2, 0) is 9.59 Å². The molecule has 0 aliphatic rings. The highest BCUT2D eigenvalue weighted by Crippen LogP contribution is 2.03. The number of nitrogens with two attached hydrogens (primary N) is 1. The lowest BCUT2D eigenvalue weighted by atomic mass is 10.1. The zero-order valence-electron chi connectivity index (χ0n) is 13.9. The molecular weight excluding hydrogens is 280 g/mol. The van der Waals surface area contributed by atoms with Gasteiger partial charge in [0, 0.05) is 13.0 Å². The van der Waals surface area contributed by atoms with Gasteiger partial charge in [0.25, 0.3) is 0 Å². The Morgan fingerprint density at radius 1 is 1.09 bits per heavy atom. The van der Waals surface area contributed by atoms with Crippen LogP contribution >= 0.6 is 0 Å². The molecule has 0 heterocycles. The molecule has 5 nitrogen and oxygen atoms in total. The molecule has 0 saturated heterocycles. The Kier molecular flexibility index (Phi) is 13.7. The first-order chi connectivity index (χ1) is 10.6. The number of unbranched alkanes of at least 4 members (excludes halogenated alkanes) is 5. The fraction of sp³-hybridized carbons (Fsp3) is 0.765. The fourth-order valence-corrected chi connectivity index (χ4v) is 2.03. The first-order valence-electron chi connectivity index (χ1n) is 8.48. The SMILES string of the molecule is CCCC/C=C/CCCCC(=O)NCCCC[C@H](N)C(=O)O. The van der Waals surface area contributed by atoms with Crippen LogP contribution in [0.15, 0.2) is 12.2 Å². The van der Waals surface area contributed by atoms with Gasteiger partial charge in [-0.05, 0) is 44.9 Å². The molecule has 0 rings (SSSR count). The Balaban J connectivity index is 3.36. The van der Waals surface area contributed by atoms with Crippen molar-refractivity contribution in [3.8, 4) is 0 Å². The molecule has 0 unspecified atom stereocenters. The van der Waals surface area contributed by atoms with E-state index in [2.05, 4.69) is 24.4 Å². The maximum atomic E-state index is 11.6. The normalized spacial score (nSPS) is 12.5. The smallest absolute Gasteiger partial charge is 0.320 e. The van der Waals surface area contributed by atoms with E-state index in [1.165, 1.54) is 12.8 Å². The summed E-state index contributed by atoms with van der Waals surface area (Å²) in [4.78, 5) is 22.1.